The minimum atomic E-state index is -0.118. The molecule has 1 atom stereocenters. The first-order chi connectivity index (χ1) is 12.7. The molecule has 26 heavy (non-hydrogen) atoms. The van der Waals surface area contributed by atoms with Crippen molar-refractivity contribution in [3.8, 4) is 11.1 Å². The van der Waals surface area contributed by atoms with E-state index in [0.717, 1.165) is 39.0 Å². The van der Waals surface area contributed by atoms with Crippen LogP contribution in [0.5, 0.6) is 0 Å². The van der Waals surface area contributed by atoms with Crippen LogP contribution in [0.15, 0.2) is 48.5 Å². The van der Waals surface area contributed by atoms with Gasteiger partial charge in [-0.2, -0.15) is 0 Å². The van der Waals surface area contributed by atoms with Crippen molar-refractivity contribution in [1.82, 2.24) is 4.90 Å². The van der Waals surface area contributed by atoms with Crippen molar-refractivity contribution in [2.45, 2.75) is 44.8 Å². The maximum Gasteiger partial charge on any atom is 0.0667 e. The molecule has 0 aliphatic carbocycles. The summed E-state index contributed by atoms with van der Waals surface area (Å²) in [5, 5.41) is 9.95. The summed E-state index contributed by atoms with van der Waals surface area (Å²) >= 11 is 0. The molecule has 2 aromatic rings. The Morgan fingerprint density at radius 2 is 1.73 bits per heavy atom. The highest BCUT2D eigenvalue weighted by Gasteiger charge is 2.28. The predicted octanol–water partition coefficient (Wildman–Crippen LogP) is 4.09. The van der Waals surface area contributed by atoms with Crippen molar-refractivity contribution in [2.75, 3.05) is 31.1 Å². The second-order valence-corrected chi connectivity index (χ2v) is 7.87. The lowest BCUT2D eigenvalue weighted by Gasteiger charge is -2.42. The van der Waals surface area contributed by atoms with Gasteiger partial charge in [0.15, 0.2) is 0 Å². The molecule has 2 aromatic carbocycles. The van der Waals surface area contributed by atoms with Crippen LogP contribution in [0.1, 0.15) is 31.2 Å². The van der Waals surface area contributed by atoms with E-state index in [9.17, 15) is 5.11 Å². The van der Waals surface area contributed by atoms with Gasteiger partial charge >= 0.3 is 0 Å². The summed E-state index contributed by atoms with van der Waals surface area (Å²) in [5.74, 6) is 0. The Hall–Kier alpha value is -1.84. The molecule has 2 heterocycles. The molecular formula is C23H30N2O. The highest BCUT2D eigenvalue weighted by Crippen LogP contribution is 2.29. The molecule has 1 N–H and O–H groups in total. The van der Waals surface area contributed by atoms with E-state index in [1.807, 2.05) is 0 Å². The van der Waals surface area contributed by atoms with Crippen molar-refractivity contribution in [3.63, 3.8) is 0 Å². The number of nitrogens with zero attached hydrogens (tertiary/aromatic N) is 2. The van der Waals surface area contributed by atoms with E-state index in [1.54, 1.807) is 0 Å². The number of aliphatic hydroxyl groups is 1. The molecule has 0 saturated carbocycles. The van der Waals surface area contributed by atoms with Gasteiger partial charge < -0.3 is 10.0 Å². The molecule has 3 nitrogen and oxygen atoms in total. The van der Waals surface area contributed by atoms with E-state index in [0.29, 0.717) is 6.04 Å². The highest BCUT2D eigenvalue weighted by atomic mass is 16.3. The van der Waals surface area contributed by atoms with E-state index < -0.39 is 0 Å². The molecule has 0 radical (unpaired) electrons. The fraction of sp³-hybridized carbons (Fsp3) is 0.478. The Morgan fingerprint density at radius 3 is 2.50 bits per heavy atom. The molecule has 2 aliphatic heterocycles. The van der Waals surface area contributed by atoms with Crippen LogP contribution in [0.4, 0.5) is 5.69 Å². The molecule has 0 aromatic heterocycles. The van der Waals surface area contributed by atoms with Gasteiger partial charge in [-0.25, -0.2) is 0 Å². The van der Waals surface area contributed by atoms with Gasteiger partial charge in [0, 0.05) is 31.4 Å². The van der Waals surface area contributed by atoms with Crippen molar-refractivity contribution in [1.29, 1.82) is 0 Å². The fourth-order valence-corrected chi connectivity index (χ4v) is 4.57. The molecule has 0 spiro atoms. The molecule has 3 heteroatoms. The van der Waals surface area contributed by atoms with Crippen molar-refractivity contribution >= 4 is 5.69 Å². The van der Waals surface area contributed by atoms with Crippen LogP contribution in [0.3, 0.4) is 0 Å². The Bertz CT molecular complexity index is 736. The number of hydrogen-bond donors (Lipinski definition) is 1. The van der Waals surface area contributed by atoms with E-state index in [-0.39, 0.29) is 6.10 Å². The molecule has 2 aliphatic rings. The first-order valence-corrected chi connectivity index (χ1v) is 10.0. The van der Waals surface area contributed by atoms with Gasteiger partial charge in [0.1, 0.15) is 0 Å². The third-order valence-corrected chi connectivity index (χ3v) is 6.08. The largest absolute Gasteiger partial charge is 0.392 e. The number of piperidine rings is 2. The zero-order valence-electron chi connectivity index (χ0n) is 15.8. The van der Waals surface area contributed by atoms with Gasteiger partial charge in [-0.05, 0) is 68.0 Å². The number of β-amino-alcohol motifs (C(OH)–C–C–N with tert-alkyl or cyclic N) is 1. The van der Waals surface area contributed by atoms with Gasteiger partial charge in [0.2, 0.25) is 0 Å². The average Bonchev–Trinajstić information content (AvgIpc) is 2.69. The van der Waals surface area contributed by atoms with Crippen molar-refractivity contribution in [3.05, 3.63) is 54.1 Å². The fourth-order valence-electron chi connectivity index (χ4n) is 4.57. The molecule has 2 fully saturated rings. The first kappa shape index (κ1) is 17.6. The number of aryl methyl sites for hydroxylation is 1. The summed E-state index contributed by atoms with van der Waals surface area (Å²) in [4.78, 5) is 5.05. The van der Waals surface area contributed by atoms with E-state index in [2.05, 4.69) is 65.3 Å². The van der Waals surface area contributed by atoms with Crippen LogP contribution < -0.4 is 4.90 Å². The monoisotopic (exact) mass is 350 g/mol. The van der Waals surface area contributed by atoms with Gasteiger partial charge in [0.05, 0.1) is 6.10 Å². The Labute approximate surface area is 157 Å². The van der Waals surface area contributed by atoms with Crippen LogP contribution >= 0.6 is 0 Å². The van der Waals surface area contributed by atoms with Crippen LogP contribution in [-0.2, 0) is 0 Å². The van der Waals surface area contributed by atoms with Crippen molar-refractivity contribution in [2.24, 2.45) is 0 Å². The third kappa shape index (κ3) is 3.79. The Balaban J connectivity index is 1.43. The molecule has 0 amide bonds. The van der Waals surface area contributed by atoms with Crippen LogP contribution in [0.25, 0.3) is 11.1 Å². The third-order valence-electron chi connectivity index (χ3n) is 6.08. The Kier molecular flexibility index (Phi) is 5.28. The summed E-state index contributed by atoms with van der Waals surface area (Å²) in [7, 11) is 0. The molecule has 138 valence electrons. The van der Waals surface area contributed by atoms with Crippen LogP contribution in [-0.4, -0.2) is 48.3 Å². The minimum absolute atomic E-state index is 0.118. The van der Waals surface area contributed by atoms with Gasteiger partial charge in [-0.15, -0.1) is 0 Å². The lowest BCUT2D eigenvalue weighted by Crippen LogP contribution is -2.49. The lowest BCUT2D eigenvalue weighted by atomic mass is 9.97. The summed E-state index contributed by atoms with van der Waals surface area (Å²) in [6.45, 7) is 6.42. The molecule has 4 rings (SSSR count). The van der Waals surface area contributed by atoms with Crippen LogP contribution in [0, 0.1) is 6.92 Å². The van der Waals surface area contributed by atoms with Gasteiger partial charge in [0.25, 0.3) is 0 Å². The van der Waals surface area contributed by atoms with Gasteiger partial charge in [-0.1, -0.05) is 36.4 Å². The summed E-state index contributed by atoms with van der Waals surface area (Å²) in [6.07, 6.45) is 4.39. The topological polar surface area (TPSA) is 26.7 Å². The van der Waals surface area contributed by atoms with E-state index >= 15 is 0 Å². The SMILES string of the molecule is Cc1ccccc1-c1cccc(N2CCC(N3CCC[C@H](O)C3)CC2)c1. The normalized spacial score (nSPS) is 22.5. The zero-order chi connectivity index (χ0) is 17.9. The molecular weight excluding hydrogens is 320 g/mol. The lowest BCUT2D eigenvalue weighted by molar-refractivity contribution is 0.0398. The minimum Gasteiger partial charge on any atom is -0.392 e. The standard InChI is InChI=1S/C23H30N2O/c1-18-6-2-3-10-23(18)19-7-4-8-21(16-19)24-14-11-20(12-15-24)25-13-5-9-22(26)17-25/h2-4,6-8,10,16,20,22,26H,5,9,11-15,17H2,1H3/t22-/m0/s1. The zero-order valence-corrected chi connectivity index (χ0v) is 15.8. The van der Waals surface area contributed by atoms with Crippen molar-refractivity contribution < 1.29 is 5.11 Å². The number of rotatable bonds is 3. The summed E-state index contributed by atoms with van der Waals surface area (Å²) in [6, 6.07) is 18.2. The number of likely N-dealkylation sites (tertiary alicyclic amines) is 1. The van der Waals surface area contributed by atoms with Gasteiger partial charge in [-0.3, -0.25) is 4.90 Å². The average molecular weight is 351 g/mol. The molecule has 2 saturated heterocycles. The predicted molar refractivity (Wildman–Crippen MR) is 109 cm³/mol. The number of hydrogen-bond acceptors (Lipinski definition) is 3. The molecule has 0 unspecified atom stereocenters. The van der Waals surface area contributed by atoms with Crippen LogP contribution in [0.2, 0.25) is 0 Å². The maximum atomic E-state index is 9.95. The Morgan fingerprint density at radius 1 is 0.923 bits per heavy atom. The summed E-state index contributed by atoms with van der Waals surface area (Å²) in [5.41, 5.74) is 5.29. The van der Waals surface area contributed by atoms with E-state index in [4.69, 9.17) is 0 Å². The molecule has 0 bridgehead atoms. The number of aliphatic hydroxyl groups excluding tert-OH is 1. The smallest absolute Gasteiger partial charge is 0.0667 e. The summed E-state index contributed by atoms with van der Waals surface area (Å²) < 4.78 is 0. The second kappa shape index (κ2) is 7.81. The number of benzene rings is 2. The second-order valence-electron chi connectivity index (χ2n) is 7.87. The highest BCUT2D eigenvalue weighted by molar-refractivity contribution is 5.71. The first-order valence-electron chi connectivity index (χ1n) is 10.0. The quantitative estimate of drug-likeness (QED) is 0.903. The number of anilines is 1. The van der Waals surface area contributed by atoms with E-state index in [1.165, 1.54) is 35.2 Å². The maximum absolute atomic E-state index is 9.95.